The van der Waals surface area contributed by atoms with E-state index in [2.05, 4.69) is 49.3 Å². The maximum Gasteiger partial charge on any atom is 0.277 e. The lowest BCUT2D eigenvalue weighted by atomic mass is 9.97. The number of nitrogens with one attached hydrogen (secondary N) is 1. The van der Waals surface area contributed by atoms with Gasteiger partial charge in [-0.25, -0.2) is 0 Å². The lowest BCUT2D eigenvalue weighted by Gasteiger charge is -2.17. The molecule has 1 N–H and O–H groups in total. The van der Waals surface area contributed by atoms with E-state index in [1.165, 1.54) is 22.9 Å². The van der Waals surface area contributed by atoms with E-state index < -0.39 is 0 Å². The molecule has 3 aromatic rings. The van der Waals surface area contributed by atoms with Gasteiger partial charge in [0.05, 0.1) is 5.25 Å². The minimum atomic E-state index is -0.368. The number of thioether (sulfide) groups is 1. The first-order valence-electron chi connectivity index (χ1n) is 9.86. The minimum absolute atomic E-state index is 0.0864. The summed E-state index contributed by atoms with van der Waals surface area (Å²) in [5.41, 5.74) is 5.27. The van der Waals surface area contributed by atoms with Crippen molar-refractivity contribution in [3.8, 4) is 11.5 Å². The van der Waals surface area contributed by atoms with E-state index in [4.69, 9.17) is 4.42 Å². The van der Waals surface area contributed by atoms with Crippen LogP contribution in [-0.2, 0) is 4.79 Å². The van der Waals surface area contributed by atoms with Crippen LogP contribution in [0.15, 0.2) is 52.1 Å². The third-order valence-electron chi connectivity index (χ3n) is 5.17. The fourth-order valence-electron chi connectivity index (χ4n) is 2.95. The molecule has 0 aliphatic heterocycles. The van der Waals surface area contributed by atoms with Gasteiger partial charge in [-0.3, -0.25) is 4.79 Å². The molecule has 0 bridgehead atoms. The third kappa shape index (κ3) is 5.07. The molecule has 1 aromatic heterocycles. The maximum atomic E-state index is 12.7. The molecule has 0 spiro atoms. The average Bonchev–Trinajstić information content (AvgIpc) is 3.18. The van der Waals surface area contributed by atoms with Crippen molar-refractivity contribution < 1.29 is 9.21 Å². The van der Waals surface area contributed by atoms with Gasteiger partial charge in [-0.15, -0.1) is 10.2 Å². The molecule has 0 radical (unpaired) electrons. The molecule has 2 atom stereocenters. The maximum absolute atomic E-state index is 12.7. The second-order valence-electron chi connectivity index (χ2n) is 7.32. The lowest BCUT2D eigenvalue weighted by Crippen LogP contribution is -2.23. The Bertz CT molecular complexity index is 999. The first-order chi connectivity index (χ1) is 13.9. The largest absolute Gasteiger partial charge is 0.411 e. The standard InChI is InChI=1S/C23H27N3O2S/c1-6-14(2)19-9-7-8-10-20(19)24-21(27)17(5)29-23-26-25-22(28-23)18-12-11-15(3)16(4)13-18/h7-14,17H,6H2,1-5H3,(H,24,27)/t14-,17-/m1/s1. The lowest BCUT2D eigenvalue weighted by molar-refractivity contribution is -0.115. The van der Waals surface area contributed by atoms with Gasteiger partial charge in [-0.05, 0) is 68.0 Å². The van der Waals surface area contributed by atoms with E-state index in [0.29, 0.717) is 17.0 Å². The number of para-hydroxylation sites is 1. The Labute approximate surface area is 176 Å². The van der Waals surface area contributed by atoms with Crippen LogP contribution in [0.5, 0.6) is 0 Å². The van der Waals surface area contributed by atoms with Gasteiger partial charge in [0.1, 0.15) is 0 Å². The number of amides is 1. The van der Waals surface area contributed by atoms with Crippen LogP contribution in [0.2, 0.25) is 0 Å². The van der Waals surface area contributed by atoms with Gasteiger partial charge in [0.15, 0.2) is 0 Å². The molecule has 29 heavy (non-hydrogen) atoms. The number of aromatic nitrogens is 2. The zero-order valence-corrected chi connectivity index (χ0v) is 18.3. The van der Waals surface area contributed by atoms with Gasteiger partial charge in [0.25, 0.3) is 5.22 Å². The van der Waals surface area contributed by atoms with Crippen LogP contribution in [0.25, 0.3) is 11.5 Å². The summed E-state index contributed by atoms with van der Waals surface area (Å²) < 4.78 is 5.78. The summed E-state index contributed by atoms with van der Waals surface area (Å²) in [6.07, 6.45) is 1.01. The molecule has 0 saturated heterocycles. The third-order valence-corrected chi connectivity index (χ3v) is 6.10. The molecule has 2 aromatic carbocycles. The van der Waals surface area contributed by atoms with Gasteiger partial charge >= 0.3 is 0 Å². The number of aryl methyl sites for hydroxylation is 2. The van der Waals surface area contributed by atoms with Crippen LogP contribution in [0.1, 0.15) is 49.8 Å². The number of rotatable bonds is 7. The molecule has 0 fully saturated rings. The van der Waals surface area contributed by atoms with E-state index in [1.807, 2.05) is 43.3 Å². The van der Waals surface area contributed by atoms with Crippen molar-refractivity contribution in [2.24, 2.45) is 0 Å². The highest BCUT2D eigenvalue weighted by atomic mass is 32.2. The summed E-state index contributed by atoms with van der Waals surface area (Å²) in [7, 11) is 0. The van der Waals surface area contributed by atoms with Crippen molar-refractivity contribution in [2.45, 2.75) is 57.4 Å². The molecule has 1 amide bonds. The summed E-state index contributed by atoms with van der Waals surface area (Å²) in [6, 6.07) is 14.0. The Hall–Kier alpha value is -2.60. The Morgan fingerprint density at radius 1 is 1.10 bits per heavy atom. The highest BCUT2D eigenvalue weighted by Gasteiger charge is 2.20. The second-order valence-corrected chi connectivity index (χ2v) is 8.61. The summed E-state index contributed by atoms with van der Waals surface area (Å²) in [4.78, 5) is 12.7. The molecule has 0 unspecified atom stereocenters. The summed E-state index contributed by atoms with van der Waals surface area (Å²) in [5.74, 6) is 0.757. The number of benzene rings is 2. The van der Waals surface area contributed by atoms with Crippen molar-refractivity contribution in [3.05, 3.63) is 59.2 Å². The molecule has 5 nitrogen and oxygen atoms in total. The van der Waals surface area contributed by atoms with Crippen LogP contribution >= 0.6 is 11.8 Å². The molecular weight excluding hydrogens is 382 g/mol. The van der Waals surface area contributed by atoms with Crippen LogP contribution < -0.4 is 5.32 Å². The number of anilines is 1. The second kappa shape index (κ2) is 9.27. The molecule has 0 saturated carbocycles. The fourth-order valence-corrected chi connectivity index (χ4v) is 3.63. The van der Waals surface area contributed by atoms with Gasteiger partial charge < -0.3 is 9.73 Å². The van der Waals surface area contributed by atoms with Crippen molar-refractivity contribution in [1.82, 2.24) is 10.2 Å². The topological polar surface area (TPSA) is 68.0 Å². The highest BCUT2D eigenvalue weighted by molar-refractivity contribution is 8.00. The SMILES string of the molecule is CC[C@@H](C)c1ccccc1NC(=O)[C@@H](C)Sc1nnc(-c2ccc(C)c(C)c2)o1. The zero-order valence-electron chi connectivity index (χ0n) is 17.5. The number of hydrogen-bond acceptors (Lipinski definition) is 5. The first kappa shape index (κ1) is 21.1. The van der Waals surface area contributed by atoms with Crippen molar-refractivity contribution in [3.63, 3.8) is 0 Å². The quantitative estimate of drug-likeness (QED) is 0.486. The summed E-state index contributed by atoms with van der Waals surface area (Å²) in [6.45, 7) is 10.3. The van der Waals surface area contributed by atoms with Crippen molar-refractivity contribution in [1.29, 1.82) is 0 Å². The van der Waals surface area contributed by atoms with E-state index in [-0.39, 0.29) is 11.2 Å². The van der Waals surface area contributed by atoms with Crippen molar-refractivity contribution in [2.75, 3.05) is 5.32 Å². The number of hydrogen-bond donors (Lipinski definition) is 1. The predicted molar refractivity (Wildman–Crippen MR) is 118 cm³/mol. The first-order valence-corrected chi connectivity index (χ1v) is 10.7. The monoisotopic (exact) mass is 409 g/mol. The molecular formula is C23H27N3O2S. The normalized spacial score (nSPS) is 13.1. The molecule has 6 heteroatoms. The van der Waals surface area contributed by atoms with Crippen LogP contribution in [-0.4, -0.2) is 21.4 Å². The summed E-state index contributed by atoms with van der Waals surface area (Å²) in [5, 5.41) is 11.3. The Morgan fingerprint density at radius 3 is 2.59 bits per heavy atom. The summed E-state index contributed by atoms with van der Waals surface area (Å²) >= 11 is 1.26. The van der Waals surface area contributed by atoms with Gasteiger partial charge in [-0.2, -0.15) is 0 Å². The van der Waals surface area contributed by atoms with Crippen LogP contribution in [0.4, 0.5) is 5.69 Å². The Balaban J connectivity index is 1.68. The van der Waals surface area contributed by atoms with E-state index in [1.54, 1.807) is 0 Å². The smallest absolute Gasteiger partial charge is 0.277 e. The van der Waals surface area contributed by atoms with Gasteiger partial charge in [0.2, 0.25) is 11.8 Å². The van der Waals surface area contributed by atoms with E-state index in [9.17, 15) is 4.79 Å². The predicted octanol–water partition coefficient (Wildman–Crippen LogP) is 5.99. The highest BCUT2D eigenvalue weighted by Crippen LogP contribution is 2.30. The number of carbonyl (C=O) groups excluding carboxylic acids is 1. The molecule has 0 aliphatic carbocycles. The van der Waals surface area contributed by atoms with E-state index in [0.717, 1.165) is 23.2 Å². The number of nitrogens with zero attached hydrogens (tertiary/aromatic N) is 2. The molecule has 1 heterocycles. The number of carbonyl (C=O) groups is 1. The molecule has 3 rings (SSSR count). The average molecular weight is 410 g/mol. The van der Waals surface area contributed by atoms with Gasteiger partial charge in [-0.1, -0.05) is 49.9 Å². The minimum Gasteiger partial charge on any atom is -0.411 e. The van der Waals surface area contributed by atoms with Crippen molar-refractivity contribution >= 4 is 23.4 Å². The van der Waals surface area contributed by atoms with Gasteiger partial charge in [0, 0.05) is 11.3 Å². The van der Waals surface area contributed by atoms with Crippen LogP contribution in [0, 0.1) is 13.8 Å². The fraction of sp³-hybridized carbons (Fsp3) is 0.348. The zero-order chi connectivity index (χ0) is 21.0. The van der Waals surface area contributed by atoms with Crippen LogP contribution in [0.3, 0.4) is 0 Å². The molecule has 152 valence electrons. The van der Waals surface area contributed by atoms with E-state index >= 15 is 0 Å². The Kier molecular flexibility index (Phi) is 6.75. The molecule has 0 aliphatic rings. The Morgan fingerprint density at radius 2 is 1.86 bits per heavy atom.